The molecule has 1 aliphatic heterocycles. The number of benzene rings is 3. The topological polar surface area (TPSA) is 78.9 Å². The number of carbonyl (C=O) groups excluding carboxylic acids is 1. The van der Waals surface area contributed by atoms with Crippen LogP contribution in [0.3, 0.4) is 0 Å². The number of piperazine rings is 1. The molecule has 1 saturated heterocycles. The predicted octanol–water partition coefficient (Wildman–Crippen LogP) is 4.95. The first-order valence-electron chi connectivity index (χ1n) is 11.4. The minimum atomic E-state index is -3.96. The van der Waals surface area contributed by atoms with E-state index in [1.807, 2.05) is 32.0 Å². The van der Waals surface area contributed by atoms with Crippen molar-refractivity contribution in [3.05, 3.63) is 82.6 Å². The van der Waals surface area contributed by atoms with Gasteiger partial charge < -0.3 is 15.0 Å². The number of hydrogen-bond donors (Lipinski definition) is 1. The van der Waals surface area contributed by atoms with Crippen molar-refractivity contribution in [3.63, 3.8) is 0 Å². The van der Waals surface area contributed by atoms with Crippen LogP contribution in [0.1, 0.15) is 22.8 Å². The molecule has 1 amide bonds. The van der Waals surface area contributed by atoms with E-state index in [1.54, 1.807) is 12.1 Å². The van der Waals surface area contributed by atoms with Gasteiger partial charge in [-0.25, -0.2) is 12.8 Å². The lowest BCUT2D eigenvalue weighted by molar-refractivity contribution is 0.102. The highest BCUT2D eigenvalue weighted by atomic mass is 35.5. The van der Waals surface area contributed by atoms with E-state index in [0.29, 0.717) is 17.3 Å². The number of halogens is 2. The first-order chi connectivity index (χ1) is 17.1. The Labute approximate surface area is 215 Å². The van der Waals surface area contributed by atoms with Gasteiger partial charge >= 0.3 is 0 Å². The van der Waals surface area contributed by atoms with Crippen LogP contribution in [0.25, 0.3) is 0 Å². The molecule has 1 heterocycles. The van der Waals surface area contributed by atoms with Crippen molar-refractivity contribution in [1.29, 1.82) is 0 Å². The van der Waals surface area contributed by atoms with Gasteiger partial charge in [0.25, 0.3) is 5.91 Å². The van der Waals surface area contributed by atoms with Crippen molar-refractivity contribution in [1.82, 2.24) is 4.31 Å². The molecule has 0 aromatic heterocycles. The second-order valence-corrected chi connectivity index (χ2v) is 11.1. The summed E-state index contributed by atoms with van der Waals surface area (Å²) in [6.07, 6.45) is 0. The van der Waals surface area contributed by atoms with Crippen molar-refractivity contribution in [2.24, 2.45) is 0 Å². The van der Waals surface area contributed by atoms with E-state index < -0.39 is 27.3 Å². The van der Waals surface area contributed by atoms with Crippen LogP contribution >= 0.6 is 11.6 Å². The average Bonchev–Trinajstić information content (AvgIpc) is 2.84. The third-order valence-corrected chi connectivity index (χ3v) is 8.25. The van der Waals surface area contributed by atoms with Crippen molar-refractivity contribution in [2.45, 2.75) is 24.8 Å². The summed E-state index contributed by atoms with van der Waals surface area (Å²) in [5, 5.41) is 2.90. The number of ether oxygens (including phenoxy) is 1. The van der Waals surface area contributed by atoms with Gasteiger partial charge in [-0.2, -0.15) is 4.31 Å². The molecule has 1 N–H and O–H groups in total. The van der Waals surface area contributed by atoms with Crippen molar-refractivity contribution in [2.75, 3.05) is 37.0 Å². The SMILES string of the molecule is COc1ccc(Cl)cc1NC(=O)c1cc(S(=O)(=O)N2CCN(c3cccc(C)c3)C(C)C2)ccc1F. The summed E-state index contributed by atoms with van der Waals surface area (Å²) in [5.41, 5.74) is 2.01. The number of carbonyl (C=O) groups is 1. The number of sulfonamides is 1. The maximum Gasteiger partial charge on any atom is 0.258 e. The van der Waals surface area contributed by atoms with Crippen molar-refractivity contribution in [3.8, 4) is 5.75 Å². The van der Waals surface area contributed by atoms with Crippen LogP contribution in [-0.4, -0.2) is 51.4 Å². The fourth-order valence-corrected chi connectivity index (χ4v) is 6.00. The minimum absolute atomic E-state index is 0.0752. The lowest BCUT2D eigenvalue weighted by Crippen LogP contribution is -2.53. The Bertz CT molecular complexity index is 1400. The van der Waals surface area contributed by atoms with Gasteiger partial charge in [0.05, 0.1) is 23.3 Å². The van der Waals surface area contributed by atoms with Crippen LogP contribution in [0.4, 0.5) is 15.8 Å². The van der Waals surface area contributed by atoms with Crippen molar-refractivity contribution < 1.29 is 22.3 Å². The van der Waals surface area contributed by atoms with Gasteiger partial charge in [-0.05, 0) is 67.9 Å². The molecule has 3 aromatic rings. The van der Waals surface area contributed by atoms with E-state index >= 15 is 0 Å². The highest BCUT2D eigenvalue weighted by Crippen LogP contribution is 2.29. The van der Waals surface area contributed by atoms with E-state index in [1.165, 1.54) is 23.5 Å². The summed E-state index contributed by atoms with van der Waals surface area (Å²) in [6, 6.07) is 15.8. The molecule has 0 bridgehead atoms. The van der Waals surface area contributed by atoms with Crippen LogP contribution in [0.2, 0.25) is 5.02 Å². The summed E-state index contributed by atoms with van der Waals surface area (Å²) in [5.74, 6) is -1.33. The summed E-state index contributed by atoms with van der Waals surface area (Å²) < 4.78 is 48.1. The third kappa shape index (κ3) is 5.33. The Kier molecular flexibility index (Phi) is 7.54. The Balaban J connectivity index is 1.56. The molecule has 0 radical (unpaired) electrons. The molecule has 1 atom stereocenters. The van der Waals surface area contributed by atoms with Gasteiger partial charge in [0.15, 0.2) is 0 Å². The van der Waals surface area contributed by atoms with Crippen LogP contribution in [0, 0.1) is 12.7 Å². The van der Waals surface area contributed by atoms with Crippen LogP contribution < -0.4 is 15.0 Å². The smallest absolute Gasteiger partial charge is 0.258 e. The van der Waals surface area contributed by atoms with E-state index in [0.717, 1.165) is 23.4 Å². The number of nitrogens with one attached hydrogen (secondary N) is 1. The zero-order valence-electron chi connectivity index (χ0n) is 20.2. The molecule has 10 heteroatoms. The summed E-state index contributed by atoms with van der Waals surface area (Å²) in [4.78, 5) is 14.9. The number of hydrogen-bond acceptors (Lipinski definition) is 5. The fourth-order valence-electron chi connectivity index (χ4n) is 4.29. The molecular weight excluding hydrogens is 505 g/mol. The van der Waals surface area contributed by atoms with Gasteiger partial charge in [0.1, 0.15) is 11.6 Å². The normalized spacial score (nSPS) is 16.6. The molecular formula is C26H27ClFN3O4S. The van der Waals surface area contributed by atoms with Crippen LogP contribution in [-0.2, 0) is 10.0 Å². The Morgan fingerprint density at radius 1 is 1.11 bits per heavy atom. The van der Waals surface area contributed by atoms with E-state index in [-0.39, 0.29) is 29.7 Å². The van der Waals surface area contributed by atoms with Crippen LogP contribution in [0.5, 0.6) is 5.75 Å². The number of methoxy groups -OCH3 is 1. The fraction of sp³-hybridized carbons (Fsp3) is 0.269. The number of amides is 1. The average molecular weight is 532 g/mol. The molecule has 36 heavy (non-hydrogen) atoms. The number of rotatable bonds is 6. The molecule has 190 valence electrons. The van der Waals surface area contributed by atoms with Gasteiger partial charge in [0.2, 0.25) is 10.0 Å². The zero-order valence-corrected chi connectivity index (χ0v) is 21.7. The molecule has 4 rings (SSSR count). The molecule has 1 unspecified atom stereocenters. The Morgan fingerprint density at radius 3 is 2.58 bits per heavy atom. The number of nitrogens with zero attached hydrogens (tertiary/aromatic N) is 2. The highest BCUT2D eigenvalue weighted by molar-refractivity contribution is 7.89. The van der Waals surface area contributed by atoms with Crippen molar-refractivity contribution >= 4 is 38.9 Å². The standard InChI is InChI=1S/C26H27ClFN3O4S/c1-17-5-4-6-20(13-17)31-12-11-30(16-18(31)2)36(33,34)21-8-9-23(28)22(15-21)26(32)29-24-14-19(27)7-10-25(24)35-3/h4-10,13-15,18H,11-12,16H2,1-3H3,(H,29,32). The maximum absolute atomic E-state index is 14.6. The molecule has 1 fully saturated rings. The summed E-state index contributed by atoms with van der Waals surface area (Å²) in [7, 11) is -2.54. The minimum Gasteiger partial charge on any atom is -0.495 e. The van der Waals surface area contributed by atoms with E-state index in [4.69, 9.17) is 16.3 Å². The van der Waals surface area contributed by atoms with Gasteiger partial charge in [-0.3, -0.25) is 4.79 Å². The summed E-state index contributed by atoms with van der Waals surface area (Å²) in [6.45, 7) is 5.01. The molecule has 0 spiro atoms. The highest BCUT2D eigenvalue weighted by Gasteiger charge is 2.33. The Morgan fingerprint density at radius 2 is 1.89 bits per heavy atom. The quantitative estimate of drug-likeness (QED) is 0.487. The van der Waals surface area contributed by atoms with Gasteiger partial charge in [-0.15, -0.1) is 0 Å². The van der Waals surface area contributed by atoms with Gasteiger partial charge in [0, 0.05) is 36.4 Å². The maximum atomic E-state index is 14.6. The molecule has 3 aromatic carbocycles. The van der Waals surface area contributed by atoms with E-state index in [9.17, 15) is 17.6 Å². The first kappa shape index (κ1) is 25.9. The second kappa shape index (κ2) is 10.5. The first-order valence-corrected chi connectivity index (χ1v) is 13.2. The molecule has 0 saturated carbocycles. The van der Waals surface area contributed by atoms with E-state index in [2.05, 4.69) is 16.3 Å². The number of aryl methyl sites for hydroxylation is 1. The number of anilines is 2. The molecule has 1 aliphatic rings. The lowest BCUT2D eigenvalue weighted by Gasteiger charge is -2.40. The largest absolute Gasteiger partial charge is 0.495 e. The monoisotopic (exact) mass is 531 g/mol. The van der Waals surface area contributed by atoms with Crippen LogP contribution in [0.15, 0.2) is 65.6 Å². The predicted molar refractivity (Wildman–Crippen MR) is 139 cm³/mol. The zero-order chi connectivity index (χ0) is 26.0. The van der Waals surface area contributed by atoms with Gasteiger partial charge in [-0.1, -0.05) is 23.7 Å². The molecule has 0 aliphatic carbocycles. The summed E-state index contributed by atoms with van der Waals surface area (Å²) >= 11 is 6.01. The lowest BCUT2D eigenvalue weighted by atomic mass is 10.1. The third-order valence-electron chi connectivity index (χ3n) is 6.15. The second-order valence-electron chi connectivity index (χ2n) is 8.68. The molecule has 7 nitrogen and oxygen atoms in total. The Hall–Kier alpha value is -3.14.